The Kier molecular flexibility index (Phi) is 3.17. The Labute approximate surface area is 95.7 Å². The zero-order valence-electron chi connectivity index (χ0n) is 9.52. The number of benzene rings is 1. The first kappa shape index (κ1) is 11.4. The van der Waals surface area contributed by atoms with E-state index in [9.17, 15) is 10.2 Å². The molecule has 16 heavy (non-hydrogen) atoms. The number of ether oxygens (including phenoxy) is 1. The molecule has 1 fully saturated rings. The molecule has 0 amide bonds. The van der Waals surface area contributed by atoms with Gasteiger partial charge >= 0.3 is 0 Å². The molecule has 1 atom stereocenters. The van der Waals surface area contributed by atoms with Crippen molar-refractivity contribution in [3.63, 3.8) is 0 Å². The molecular weight excluding hydrogens is 204 g/mol. The van der Waals surface area contributed by atoms with Crippen molar-refractivity contribution in [2.75, 3.05) is 13.2 Å². The first-order valence-electron chi connectivity index (χ1n) is 5.70. The van der Waals surface area contributed by atoms with E-state index in [1.807, 2.05) is 13.0 Å². The van der Waals surface area contributed by atoms with E-state index in [4.69, 9.17) is 4.74 Å². The minimum atomic E-state index is -0.886. The Morgan fingerprint density at radius 2 is 2.00 bits per heavy atom. The van der Waals surface area contributed by atoms with E-state index < -0.39 is 5.60 Å². The number of phenols is 1. The fraction of sp³-hybridized carbons (Fsp3) is 0.538. The smallest absolute Gasteiger partial charge is 0.115 e. The first-order chi connectivity index (χ1) is 7.60. The quantitative estimate of drug-likeness (QED) is 0.805. The van der Waals surface area contributed by atoms with E-state index in [2.05, 4.69) is 0 Å². The lowest BCUT2D eigenvalue weighted by Gasteiger charge is -2.36. The highest BCUT2D eigenvalue weighted by Gasteiger charge is 2.34. The summed E-state index contributed by atoms with van der Waals surface area (Å²) < 4.78 is 5.29. The molecule has 1 aliphatic heterocycles. The van der Waals surface area contributed by atoms with E-state index >= 15 is 0 Å². The SMILES string of the molecule is CC(O)(c1cccc(O)c1)C1CCOCC1. The minimum absolute atomic E-state index is 0.197. The van der Waals surface area contributed by atoms with Gasteiger partial charge in [0, 0.05) is 13.2 Å². The maximum atomic E-state index is 10.6. The lowest BCUT2D eigenvalue weighted by Crippen LogP contribution is -2.35. The van der Waals surface area contributed by atoms with Crippen LogP contribution in [0.15, 0.2) is 24.3 Å². The van der Waals surface area contributed by atoms with Crippen LogP contribution < -0.4 is 0 Å². The van der Waals surface area contributed by atoms with Crippen LogP contribution in [0, 0.1) is 5.92 Å². The Morgan fingerprint density at radius 1 is 1.31 bits per heavy atom. The van der Waals surface area contributed by atoms with Crippen molar-refractivity contribution >= 4 is 0 Å². The van der Waals surface area contributed by atoms with Gasteiger partial charge in [0.15, 0.2) is 0 Å². The lowest BCUT2D eigenvalue weighted by molar-refractivity contribution is -0.0580. The highest BCUT2D eigenvalue weighted by molar-refractivity contribution is 5.31. The summed E-state index contributed by atoms with van der Waals surface area (Å²) in [6.07, 6.45) is 1.73. The summed E-state index contributed by atoms with van der Waals surface area (Å²) in [5.41, 5.74) is -0.109. The van der Waals surface area contributed by atoms with Crippen LogP contribution in [-0.2, 0) is 10.3 Å². The van der Waals surface area contributed by atoms with Crippen LogP contribution in [0.2, 0.25) is 0 Å². The van der Waals surface area contributed by atoms with Crippen LogP contribution in [0.1, 0.15) is 25.3 Å². The molecule has 0 bridgehead atoms. The van der Waals surface area contributed by atoms with E-state index in [1.165, 1.54) is 0 Å². The van der Waals surface area contributed by atoms with Crippen LogP contribution >= 0.6 is 0 Å². The predicted octanol–water partition coefficient (Wildman–Crippen LogP) is 2.03. The standard InChI is InChI=1S/C13H18O3/c1-13(15,10-5-7-16-8-6-10)11-3-2-4-12(14)9-11/h2-4,9-10,14-15H,5-8H2,1H3. The van der Waals surface area contributed by atoms with E-state index in [1.54, 1.807) is 18.2 Å². The summed E-state index contributed by atoms with van der Waals surface area (Å²) in [7, 11) is 0. The third-order valence-corrected chi connectivity index (χ3v) is 3.45. The van der Waals surface area contributed by atoms with Gasteiger partial charge < -0.3 is 14.9 Å². The number of rotatable bonds is 2. The molecule has 3 heteroatoms. The van der Waals surface area contributed by atoms with Crippen molar-refractivity contribution in [2.45, 2.75) is 25.4 Å². The van der Waals surface area contributed by atoms with Gasteiger partial charge in [-0.15, -0.1) is 0 Å². The molecule has 0 saturated carbocycles. The molecule has 0 radical (unpaired) electrons. The summed E-state index contributed by atoms with van der Waals surface area (Å²) >= 11 is 0. The second-order valence-electron chi connectivity index (χ2n) is 4.58. The molecule has 1 heterocycles. The molecule has 1 saturated heterocycles. The zero-order chi connectivity index (χ0) is 11.6. The molecule has 3 nitrogen and oxygen atoms in total. The second-order valence-corrected chi connectivity index (χ2v) is 4.58. The van der Waals surface area contributed by atoms with Crippen molar-refractivity contribution in [1.82, 2.24) is 0 Å². The number of aromatic hydroxyl groups is 1. The number of aliphatic hydroxyl groups is 1. The van der Waals surface area contributed by atoms with E-state index in [0.717, 1.165) is 18.4 Å². The van der Waals surface area contributed by atoms with E-state index in [-0.39, 0.29) is 11.7 Å². The van der Waals surface area contributed by atoms with Crippen LogP contribution in [0.5, 0.6) is 5.75 Å². The second kappa shape index (κ2) is 4.44. The largest absolute Gasteiger partial charge is 0.508 e. The molecule has 0 spiro atoms. The van der Waals surface area contributed by atoms with Crippen molar-refractivity contribution < 1.29 is 14.9 Å². The zero-order valence-corrected chi connectivity index (χ0v) is 9.52. The highest BCUT2D eigenvalue weighted by atomic mass is 16.5. The molecule has 0 aromatic heterocycles. The average molecular weight is 222 g/mol. The topological polar surface area (TPSA) is 49.7 Å². The molecule has 2 N–H and O–H groups in total. The maximum Gasteiger partial charge on any atom is 0.115 e. The third kappa shape index (κ3) is 2.20. The molecule has 1 aliphatic rings. The van der Waals surface area contributed by atoms with Gasteiger partial charge in [0.25, 0.3) is 0 Å². The molecule has 88 valence electrons. The van der Waals surface area contributed by atoms with Gasteiger partial charge in [-0.1, -0.05) is 12.1 Å². The van der Waals surface area contributed by atoms with Crippen LogP contribution in [0.3, 0.4) is 0 Å². The Morgan fingerprint density at radius 3 is 2.62 bits per heavy atom. The molecular formula is C13H18O3. The highest BCUT2D eigenvalue weighted by Crippen LogP contribution is 2.36. The van der Waals surface area contributed by atoms with Crippen molar-refractivity contribution in [1.29, 1.82) is 0 Å². The van der Waals surface area contributed by atoms with Gasteiger partial charge in [0.2, 0.25) is 0 Å². The summed E-state index contributed by atoms with van der Waals surface area (Å²) in [6, 6.07) is 6.87. The van der Waals surface area contributed by atoms with Crippen molar-refractivity contribution in [2.24, 2.45) is 5.92 Å². The van der Waals surface area contributed by atoms with Gasteiger partial charge in [-0.2, -0.15) is 0 Å². The lowest BCUT2D eigenvalue weighted by atomic mass is 9.78. The molecule has 1 aromatic rings. The average Bonchev–Trinajstić information content (AvgIpc) is 2.30. The van der Waals surface area contributed by atoms with Crippen molar-refractivity contribution in [3.05, 3.63) is 29.8 Å². The van der Waals surface area contributed by atoms with Crippen LogP contribution in [-0.4, -0.2) is 23.4 Å². The molecule has 1 unspecified atom stereocenters. The minimum Gasteiger partial charge on any atom is -0.508 e. The number of hydrogen-bond donors (Lipinski definition) is 2. The van der Waals surface area contributed by atoms with Crippen LogP contribution in [0.4, 0.5) is 0 Å². The van der Waals surface area contributed by atoms with Gasteiger partial charge in [-0.25, -0.2) is 0 Å². The maximum absolute atomic E-state index is 10.6. The summed E-state index contributed by atoms with van der Waals surface area (Å²) in [5, 5.41) is 20.0. The van der Waals surface area contributed by atoms with Gasteiger partial charge in [-0.05, 0) is 43.4 Å². The van der Waals surface area contributed by atoms with Crippen LogP contribution in [0.25, 0.3) is 0 Å². The van der Waals surface area contributed by atoms with Gasteiger partial charge in [-0.3, -0.25) is 0 Å². The van der Waals surface area contributed by atoms with Gasteiger partial charge in [0.05, 0.1) is 5.60 Å². The third-order valence-electron chi connectivity index (χ3n) is 3.45. The Balaban J connectivity index is 2.22. The summed E-state index contributed by atoms with van der Waals surface area (Å²) in [5.74, 6) is 0.396. The molecule has 1 aromatic carbocycles. The van der Waals surface area contributed by atoms with E-state index in [0.29, 0.717) is 13.2 Å². The number of phenolic OH excluding ortho intramolecular Hbond substituents is 1. The predicted molar refractivity (Wildman–Crippen MR) is 61.2 cm³/mol. The monoisotopic (exact) mass is 222 g/mol. The van der Waals surface area contributed by atoms with Crippen molar-refractivity contribution in [3.8, 4) is 5.75 Å². The first-order valence-corrected chi connectivity index (χ1v) is 5.70. The summed E-state index contributed by atoms with van der Waals surface area (Å²) in [6.45, 7) is 3.23. The molecule has 0 aliphatic carbocycles. The Hall–Kier alpha value is -1.06. The summed E-state index contributed by atoms with van der Waals surface area (Å²) in [4.78, 5) is 0. The fourth-order valence-corrected chi connectivity index (χ4v) is 2.32. The number of hydrogen-bond acceptors (Lipinski definition) is 3. The fourth-order valence-electron chi connectivity index (χ4n) is 2.32. The molecule has 2 rings (SSSR count). The van der Waals surface area contributed by atoms with Gasteiger partial charge in [0.1, 0.15) is 5.75 Å². The Bertz CT molecular complexity index is 354. The normalized spacial score (nSPS) is 21.6.